The lowest BCUT2D eigenvalue weighted by atomic mass is 9.73. The number of fused-ring (bicyclic) bond motifs is 3. The molecule has 0 bridgehead atoms. The van der Waals surface area contributed by atoms with Crippen LogP contribution in [0.5, 0.6) is 11.5 Å². The largest absolute Gasteiger partial charge is 0.497 e. The number of methoxy groups -OCH3 is 2. The topological polar surface area (TPSA) is 44.5 Å². The average molecular weight is 247 g/mol. The van der Waals surface area contributed by atoms with E-state index in [1.54, 1.807) is 14.2 Å². The van der Waals surface area contributed by atoms with Crippen molar-refractivity contribution in [2.75, 3.05) is 14.2 Å². The Hall–Kier alpha value is -1.22. The molecule has 0 aliphatic heterocycles. The van der Waals surface area contributed by atoms with Crippen LogP contribution in [0.3, 0.4) is 0 Å². The molecule has 3 rings (SSSR count). The lowest BCUT2D eigenvalue weighted by Gasteiger charge is -2.36. The molecule has 1 saturated carbocycles. The summed E-state index contributed by atoms with van der Waals surface area (Å²) in [6.07, 6.45) is 5.90. The van der Waals surface area contributed by atoms with Crippen molar-refractivity contribution in [2.24, 2.45) is 11.7 Å². The van der Waals surface area contributed by atoms with Crippen molar-refractivity contribution in [2.45, 2.75) is 37.6 Å². The molecule has 18 heavy (non-hydrogen) atoms. The Morgan fingerprint density at radius 3 is 2.78 bits per heavy atom. The Morgan fingerprint density at radius 2 is 2.06 bits per heavy atom. The number of hydrogen-bond acceptors (Lipinski definition) is 3. The number of hydrogen-bond donors (Lipinski definition) is 1. The van der Waals surface area contributed by atoms with Crippen LogP contribution < -0.4 is 15.2 Å². The quantitative estimate of drug-likeness (QED) is 0.873. The van der Waals surface area contributed by atoms with Gasteiger partial charge in [-0.3, -0.25) is 0 Å². The Balaban J connectivity index is 2.13. The molecule has 2 aliphatic carbocycles. The van der Waals surface area contributed by atoms with Gasteiger partial charge in [0.1, 0.15) is 11.5 Å². The van der Waals surface area contributed by atoms with Crippen molar-refractivity contribution < 1.29 is 9.47 Å². The summed E-state index contributed by atoms with van der Waals surface area (Å²) in [5.41, 5.74) is 9.11. The third kappa shape index (κ3) is 1.53. The molecule has 2 aliphatic rings. The lowest BCUT2D eigenvalue weighted by molar-refractivity contribution is 0.211. The van der Waals surface area contributed by atoms with Gasteiger partial charge < -0.3 is 15.2 Å². The molecule has 3 heteroatoms. The summed E-state index contributed by atoms with van der Waals surface area (Å²) >= 11 is 0. The third-order valence-corrected chi connectivity index (χ3v) is 4.71. The first kappa shape index (κ1) is 11.8. The van der Waals surface area contributed by atoms with Crippen molar-refractivity contribution >= 4 is 0 Å². The SMILES string of the molecule is COc1cc(OC)c2c(c1)[C@@]1(N)CCCC[C@H]1C2. The summed E-state index contributed by atoms with van der Waals surface area (Å²) < 4.78 is 10.9. The number of ether oxygens (including phenoxy) is 2. The molecule has 2 atom stereocenters. The fraction of sp³-hybridized carbons (Fsp3) is 0.600. The maximum absolute atomic E-state index is 6.71. The van der Waals surface area contributed by atoms with Gasteiger partial charge in [0, 0.05) is 11.6 Å². The van der Waals surface area contributed by atoms with E-state index in [2.05, 4.69) is 6.07 Å². The summed E-state index contributed by atoms with van der Waals surface area (Å²) in [6, 6.07) is 4.09. The van der Waals surface area contributed by atoms with Crippen LogP contribution in [0, 0.1) is 5.92 Å². The summed E-state index contributed by atoms with van der Waals surface area (Å²) in [7, 11) is 3.41. The standard InChI is InChI=1S/C15H21NO2/c1-17-11-8-13-12(14(9-11)18-2)7-10-5-3-4-6-15(10,13)16/h8-10H,3-7,16H2,1-2H3/t10-,15+/m0/s1. The predicted molar refractivity (Wildman–Crippen MR) is 71.1 cm³/mol. The van der Waals surface area contributed by atoms with E-state index in [4.69, 9.17) is 15.2 Å². The van der Waals surface area contributed by atoms with Crippen molar-refractivity contribution in [3.05, 3.63) is 23.3 Å². The molecule has 3 nitrogen and oxygen atoms in total. The van der Waals surface area contributed by atoms with Crippen LogP contribution in [0.4, 0.5) is 0 Å². The van der Waals surface area contributed by atoms with Crippen LogP contribution in [-0.4, -0.2) is 14.2 Å². The van der Waals surface area contributed by atoms with Gasteiger partial charge in [-0.15, -0.1) is 0 Å². The number of benzene rings is 1. The van der Waals surface area contributed by atoms with E-state index < -0.39 is 0 Å². The maximum atomic E-state index is 6.71. The van der Waals surface area contributed by atoms with E-state index in [9.17, 15) is 0 Å². The van der Waals surface area contributed by atoms with Crippen LogP contribution in [-0.2, 0) is 12.0 Å². The molecule has 0 radical (unpaired) electrons. The average Bonchev–Trinajstić information content (AvgIpc) is 2.70. The number of rotatable bonds is 2. The molecule has 0 aromatic heterocycles. The van der Waals surface area contributed by atoms with E-state index in [0.29, 0.717) is 5.92 Å². The van der Waals surface area contributed by atoms with Gasteiger partial charge in [0.15, 0.2) is 0 Å². The maximum Gasteiger partial charge on any atom is 0.126 e. The molecule has 0 unspecified atom stereocenters. The van der Waals surface area contributed by atoms with Crippen molar-refractivity contribution in [3.8, 4) is 11.5 Å². The molecule has 1 aromatic carbocycles. The highest BCUT2D eigenvalue weighted by Crippen LogP contribution is 2.51. The Labute approximate surface area is 108 Å². The van der Waals surface area contributed by atoms with Crippen LogP contribution in [0.2, 0.25) is 0 Å². The second kappa shape index (κ2) is 4.16. The Kier molecular flexibility index (Phi) is 2.74. The highest BCUT2D eigenvalue weighted by molar-refractivity contribution is 5.53. The molecule has 2 N–H and O–H groups in total. The van der Waals surface area contributed by atoms with Crippen LogP contribution in [0.25, 0.3) is 0 Å². The highest BCUT2D eigenvalue weighted by Gasteiger charge is 2.46. The fourth-order valence-corrected chi connectivity index (χ4v) is 3.70. The zero-order valence-electron chi connectivity index (χ0n) is 11.2. The molecule has 0 heterocycles. The van der Waals surface area contributed by atoms with Gasteiger partial charge in [0.25, 0.3) is 0 Å². The van der Waals surface area contributed by atoms with Gasteiger partial charge in [-0.25, -0.2) is 0 Å². The van der Waals surface area contributed by atoms with Crippen LogP contribution >= 0.6 is 0 Å². The van der Waals surface area contributed by atoms with E-state index in [1.165, 1.54) is 30.4 Å². The monoisotopic (exact) mass is 247 g/mol. The molecular weight excluding hydrogens is 226 g/mol. The zero-order valence-corrected chi connectivity index (χ0v) is 11.2. The summed E-state index contributed by atoms with van der Waals surface area (Å²) in [4.78, 5) is 0. The molecule has 98 valence electrons. The highest BCUT2D eigenvalue weighted by atomic mass is 16.5. The molecule has 0 spiro atoms. The van der Waals surface area contributed by atoms with Gasteiger partial charge in [0.2, 0.25) is 0 Å². The second-order valence-electron chi connectivity index (χ2n) is 5.54. The Bertz CT molecular complexity index is 472. The first-order valence-corrected chi connectivity index (χ1v) is 6.73. The molecule has 0 amide bonds. The van der Waals surface area contributed by atoms with E-state index in [1.807, 2.05) is 6.07 Å². The Morgan fingerprint density at radius 1 is 1.22 bits per heavy atom. The van der Waals surface area contributed by atoms with Gasteiger partial charge in [-0.05, 0) is 42.4 Å². The summed E-state index contributed by atoms with van der Waals surface area (Å²) in [5, 5.41) is 0. The van der Waals surface area contributed by atoms with Gasteiger partial charge >= 0.3 is 0 Å². The van der Waals surface area contributed by atoms with E-state index >= 15 is 0 Å². The van der Waals surface area contributed by atoms with Gasteiger partial charge in [0.05, 0.1) is 14.2 Å². The van der Waals surface area contributed by atoms with Crippen molar-refractivity contribution in [1.82, 2.24) is 0 Å². The molecule has 0 saturated heterocycles. The first-order valence-electron chi connectivity index (χ1n) is 6.73. The summed E-state index contributed by atoms with van der Waals surface area (Å²) in [5.74, 6) is 2.35. The van der Waals surface area contributed by atoms with Gasteiger partial charge in [-0.1, -0.05) is 12.8 Å². The second-order valence-corrected chi connectivity index (χ2v) is 5.54. The minimum atomic E-state index is -0.157. The minimum absolute atomic E-state index is 0.157. The smallest absolute Gasteiger partial charge is 0.126 e. The first-order chi connectivity index (χ1) is 8.69. The van der Waals surface area contributed by atoms with Gasteiger partial charge in [-0.2, -0.15) is 0 Å². The minimum Gasteiger partial charge on any atom is -0.497 e. The lowest BCUT2D eigenvalue weighted by Crippen LogP contribution is -2.43. The van der Waals surface area contributed by atoms with E-state index in [-0.39, 0.29) is 5.54 Å². The number of nitrogens with two attached hydrogens (primary N) is 1. The van der Waals surface area contributed by atoms with Crippen molar-refractivity contribution in [1.29, 1.82) is 0 Å². The molecule has 1 aromatic rings. The normalized spacial score (nSPS) is 29.6. The van der Waals surface area contributed by atoms with E-state index in [0.717, 1.165) is 24.3 Å². The molecule has 1 fully saturated rings. The zero-order chi connectivity index (χ0) is 12.8. The third-order valence-electron chi connectivity index (χ3n) is 4.71. The summed E-state index contributed by atoms with van der Waals surface area (Å²) in [6.45, 7) is 0. The van der Waals surface area contributed by atoms with Crippen molar-refractivity contribution in [3.63, 3.8) is 0 Å². The molecular formula is C15H21NO2. The predicted octanol–water partition coefficient (Wildman–Crippen LogP) is 2.60. The van der Waals surface area contributed by atoms with Crippen LogP contribution in [0.15, 0.2) is 12.1 Å². The van der Waals surface area contributed by atoms with Crippen LogP contribution in [0.1, 0.15) is 36.8 Å². The fourth-order valence-electron chi connectivity index (χ4n) is 3.70.